The molecule has 3 aliphatic rings. The van der Waals surface area contributed by atoms with E-state index in [0.29, 0.717) is 0 Å². The second-order valence-electron chi connectivity index (χ2n) is 6.72. The highest BCUT2D eigenvalue weighted by Crippen LogP contribution is 2.85. The van der Waals surface area contributed by atoms with Crippen molar-refractivity contribution in [3.63, 3.8) is 0 Å². The van der Waals surface area contributed by atoms with Crippen LogP contribution in [0.15, 0.2) is 0 Å². The first-order valence-electron chi connectivity index (χ1n) is 6.59. The van der Waals surface area contributed by atoms with E-state index in [0.717, 1.165) is 40.9 Å². The van der Waals surface area contributed by atoms with Crippen LogP contribution in [-0.4, -0.2) is 0 Å². The SMILES string of the molecule is CC(C)C(C)C1C2C(C)CCC3CC321. The van der Waals surface area contributed by atoms with Crippen LogP contribution in [0.4, 0.5) is 0 Å². The van der Waals surface area contributed by atoms with E-state index in [1.807, 2.05) is 0 Å². The average Bonchev–Trinajstić information content (AvgIpc) is 2.97. The molecule has 3 fully saturated rings. The molecule has 80 valence electrons. The van der Waals surface area contributed by atoms with Crippen LogP contribution in [0.25, 0.3) is 0 Å². The van der Waals surface area contributed by atoms with Gasteiger partial charge in [-0.1, -0.05) is 34.1 Å². The van der Waals surface area contributed by atoms with Crippen LogP contribution in [0.2, 0.25) is 0 Å². The van der Waals surface area contributed by atoms with Crippen molar-refractivity contribution in [3.05, 3.63) is 0 Å². The lowest BCUT2D eigenvalue weighted by Gasteiger charge is -2.17. The zero-order valence-corrected chi connectivity index (χ0v) is 10.1. The highest BCUT2D eigenvalue weighted by Gasteiger charge is 2.80. The average molecular weight is 192 g/mol. The maximum absolute atomic E-state index is 2.51. The van der Waals surface area contributed by atoms with E-state index in [4.69, 9.17) is 0 Å². The van der Waals surface area contributed by atoms with E-state index >= 15 is 0 Å². The fourth-order valence-electron chi connectivity index (χ4n) is 4.83. The van der Waals surface area contributed by atoms with Gasteiger partial charge in [-0.25, -0.2) is 0 Å². The van der Waals surface area contributed by atoms with Gasteiger partial charge in [-0.3, -0.25) is 0 Å². The quantitative estimate of drug-likeness (QED) is 0.621. The third-order valence-corrected chi connectivity index (χ3v) is 5.92. The normalized spacial score (nSPS) is 56.4. The number of hydrogen-bond acceptors (Lipinski definition) is 0. The van der Waals surface area contributed by atoms with Crippen molar-refractivity contribution < 1.29 is 0 Å². The third kappa shape index (κ3) is 0.907. The van der Waals surface area contributed by atoms with E-state index in [-0.39, 0.29) is 0 Å². The summed E-state index contributed by atoms with van der Waals surface area (Å²) in [6.07, 6.45) is 4.68. The molecule has 1 spiro atoms. The first kappa shape index (κ1) is 9.24. The molecule has 0 aliphatic heterocycles. The van der Waals surface area contributed by atoms with Crippen LogP contribution >= 0.6 is 0 Å². The Morgan fingerprint density at radius 2 is 1.86 bits per heavy atom. The Morgan fingerprint density at radius 3 is 2.43 bits per heavy atom. The molecule has 0 aromatic heterocycles. The van der Waals surface area contributed by atoms with Crippen LogP contribution in [0.5, 0.6) is 0 Å². The molecular weight excluding hydrogens is 168 g/mol. The molecule has 0 saturated heterocycles. The second kappa shape index (κ2) is 2.57. The first-order chi connectivity index (χ1) is 6.59. The van der Waals surface area contributed by atoms with Crippen LogP contribution < -0.4 is 0 Å². The molecule has 0 aromatic rings. The van der Waals surface area contributed by atoms with Crippen molar-refractivity contribution in [2.24, 2.45) is 40.9 Å². The fourth-order valence-corrected chi connectivity index (χ4v) is 4.83. The molecule has 3 rings (SSSR count). The van der Waals surface area contributed by atoms with Gasteiger partial charge in [0.15, 0.2) is 0 Å². The Morgan fingerprint density at radius 1 is 1.14 bits per heavy atom. The Bertz CT molecular complexity index is 255. The molecule has 0 radical (unpaired) electrons. The molecule has 3 aliphatic carbocycles. The van der Waals surface area contributed by atoms with E-state index in [9.17, 15) is 0 Å². The molecule has 0 N–H and O–H groups in total. The van der Waals surface area contributed by atoms with Crippen LogP contribution in [0.3, 0.4) is 0 Å². The first-order valence-corrected chi connectivity index (χ1v) is 6.59. The standard InChI is InChI=1S/C14H24/c1-8(2)10(4)13-12-9(3)5-6-11-7-14(11,12)13/h8-13H,5-7H2,1-4H3. The van der Waals surface area contributed by atoms with Crippen LogP contribution in [0.1, 0.15) is 47.0 Å². The highest BCUT2D eigenvalue weighted by atomic mass is 14.8. The van der Waals surface area contributed by atoms with Gasteiger partial charge in [0, 0.05) is 0 Å². The summed E-state index contributed by atoms with van der Waals surface area (Å²) in [5.41, 5.74) is 0.904. The second-order valence-corrected chi connectivity index (χ2v) is 6.72. The minimum atomic E-state index is 0.897. The van der Waals surface area contributed by atoms with Crippen molar-refractivity contribution in [2.75, 3.05) is 0 Å². The summed E-state index contributed by atoms with van der Waals surface area (Å²) in [7, 11) is 0. The van der Waals surface area contributed by atoms with Crippen molar-refractivity contribution >= 4 is 0 Å². The molecule has 0 heterocycles. The fraction of sp³-hybridized carbons (Fsp3) is 1.00. The topological polar surface area (TPSA) is 0 Å². The number of rotatable bonds is 2. The molecule has 0 heteroatoms. The summed E-state index contributed by atoms with van der Waals surface area (Å²) >= 11 is 0. The monoisotopic (exact) mass is 192 g/mol. The third-order valence-electron chi connectivity index (χ3n) is 5.92. The Balaban J connectivity index is 1.79. The lowest BCUT2D eigenvalue weighted by Crippen LogP contribution is -2.10. The number of hydrogen-bond donors (Lipinski definition) is 0. The van der Waals surface area contributed by atoms with Crippen molar-refractivity contribution in [2.45, 2.75) is 47.0 Å². The van der Waals surface area contributed by atoms with Gasteiger partial charge in [0.1, 0.15) is 0 Å². The zero-order valence-electron chi connectivity index (χ0n) is 10.1. The van der Waals surface area contributed by atoms with Crippen molar-refractivity contribution in [1.82, 2.24) is 0 Å². The van der Waals surface area contributed by atoms with Crippen molar-refractivity contribution in [3.8, 4) is 0 Å². The predicted molar refractivity (Wildman–Crippen MR) is 59.9 cm³/mol. The van der Waals surface area contributed by atoms with E-state index in [1.165, 1.54) is 6.42 Å². The minimum Gasteiger partial charge on any atom is -0.0625 e. The molecule has 6 atom stereocenters. The van der Waals surface area contributed by atoms with E-state index in [2.05, 4.69) is 27.7 Å². The highest BCUT2D eigenvalue weighted by molar-refractivity contribution is 5.27. The summed E-state index contributed by atoms with van der Waals surface area (Å²) < 4.78 is 0. The van der Waals surface area contributed by atoms with Gasteiger partial charge < -0.3 is 0 Å². The smallest absolute Gasteiger partial charge is 0.0198 e. The molecule has 0 aromatic carbocycles. The summed E-state index contributed by atoms with van der Waals surface area (Å²) in [6.45, 7) is 9.83. The molecule has 0 nitrogen and oxygen atoms in total. The summed E-state index contributed by atoms with van der Waals surface area (Å²) in [4.78, 5) is 0. The zero-order chi connectivity index (χ0) is 10.1. The van der Waals surface area contributed by atoms with Crippen molar-refractivity contribution in [1.29, 1.82) is 0 Å². The lowest BCUT2D eigenvalue weighted by atomic mass is 9.88. The molecule has 0 bridgehead atoms. The van der Waals surface area contributed by atoms with Crippen LogP contribution in [-0.2, 0) is 0 Å². The maximum atomic E-state index is 2.51. The van der Waals surface area contributed by atoms with E-state index < -0.39 is 0 Å². The lowest BCUT2D eigenvalue weighted by molar-refractivity contribution is 0.321. The summed E-state index contributed by atoms with van der Waals surface area (Å²) in [6, 6.07) is 0. The van der Waals surface area contributed by atoms with Gasteiger partial charge in [-0.2, -0.15) is 0 Å². The van der Waals surface area contributed by atoms with Gasteiger partial charge in [0.05, 0.1) is 0 Å². The largest absolute Gasteiger partial charge is 0.0625 e. The summed E-state index contributed by atoms with van der Waals surface area (Å²) in [5, 5.41) is 0. The summed E-state index contributed by atoms with van der Waals surface area (Å²) in [5.74, 6) is 6.33. The van der Waals surface area contributed by atoms with Gasteiger partial charge >= 0.3 is 0 Å². The van der Waals surface area contributed by atoms with Gasteiger partial charge in [0.25, 0.3) is 0 Å². The molecule has 3 saturated carbocycles. The molecule has 0 amide bonds. The predicted octanol–water partition coefficient (Wildman–Crippen LogP) is 3.96. The molecular formula is C14H24. The van der Waals surface area contributed by atoms with Crippen LogP contribution in [0, 0.1) is 40.9 Å². The van der Waals surface area contributed by atoms with Gasteiger partial charge in [0.2, 0.25) is 0 Å². The Labute approximate surface area is 88.5 Å². The van der Waals surface area contributed by atoms with E-state index in [1.54, 1.807) is 12.8 Å². The maximum Gasteiger partial charge on any atom is -0.0198 e. The molecule has 6 unspecified atom stereocenters. The molecule has 14 heavy (non-hydrogen) atoms. The minimum absolute atomic E-state index is 0.897. The van der Waals surface area contributed by atoms with Gasteiger partial charge in [-0.15, -0.1) is 0 Å². The van der Waals surface area contributed by atoms with Gasteiger partial charge in [-0.05, 0) is 53.8 Å². The Hall–Kier alpha value is 0. The Kier molecular flexibility index (Phi) is 1.70.